The summed E-state index contributed by atoms with van der Waals surface area (Å²) in [5.41, 5.74) is 1.29. The Morgan fingerprint density at radius 2 is 2.00 bits per heavy atom. The van der Waals surface area contributed by atoms with Crippen LogP contribution in [-0.4, -0.2) is 17.4 Å². The molecule has 0 aromatic carbocycles. The van der Waals surface area contributed by atoms with Gasteiger partial charge in [0.2, 0.25) is 0 Å². The van der Waals surface area contributed by atoms with Crippen LogP contribution in [0.1, 0.15) is 51.9 Å². The molecule has 3 heteroatoms. The molecule has 6 aliphatic rings. The van der Waals surface area contributed by atoms with E-state index in [0.29, 0.717) is 41.8 Å². The van der Waals surface area contributed by atoms with Gasteiger partial charge in [0.05, 0.1) is 0 Å². The number of allylic oxidation sites excluding steroid dienone is 4. The molecule has 0 aromatic rings. The lowest BCUT2D eigenvalue weighted by Gasteiger charge is -2.55. The van der Waals surface area contributed by atoms with Gasteiger partial charge in [0.1, 0.15) is 5.60 Å². The highest BCUT2D eigenvalue weighted by molar-refractivity contribution is 5.92. The van der Waals surface area contributed by atoms with Crippen LogP contribution in [0.2, 0.25) is 0 Å². The van der Waals surface area contributed by atoms with Gasteiger partial charge in [-0.05, 0) is 73.3 Å². The van der Waals surface area contributed by atoms with E-state index in [9.17, 15) is 9.59 Å². The maximum absolute atomic E-state index is 12.0. The van der Waals surface area contributed by atoms with Crippen LogP contribution in [0.25, 0.3) is 0 Å². The summed E-state index contributed by atoms with van der Waals surface area (Å²) < 4.78 is 6.12. The first-order valence-electron chi connectivity index (χ1n) is 10.2. The fourth-order valence-corrected chi connectivity index (χ4v) is 8.01. The van der Waals surface area contributed by atoms with Crippen molar-refractivity contribution in [2.45, 2.75) is 57.5 Å². The Morgan fingerprint density at radius 3 is 2.80 bits per heavy atom. The summed E-state index contributed by atoms with van der Waals surface area (Å²) in [4.78, 5) is 23.8. The molecule has 6 unspecified atom stereocenters. The van der Waals surface area contributed by atoms with Crippen molar-refractivity contribution in [2.75, 3.05) is 0 Å². The van der Waals surface area contributed by atoms with Gasteiger partial charge in [0, 0.05) is 24.2 Å². The minimum atomic E-state index is -0.156. The Morgan fingerprint density at radius 1 is 1.12 bits per heavy atom. The second-order valence-corrected chi connectivity index (χ2v) is 9.71. The van der Waals surface area contributed by atoms with Gasteiger partial charge in [-0.15, -0.1) is 0 Å². The Labute approximate surface area is 148 Å². The van der Waals surface area contributed by atoms with E-state index in [0.717, 1.165) is 25.2 Å². The molecule has 0 aromatic heterocycles. The molecule has 3 saturated carbocycles. The summed E-state index contributed by atoms with van der Waals surface area (Å²) >= 11 is 0. The summed E-state index contributed by atoms with van der Waals surface area (Å²) in [6.07, 6.45) is 13.6. The van der Waals surface area contributed by atoms with Crippen LogP contribution in [0, 0.1) is 40.9 Å². The van der Waals surface area contributed by atoms with Crippen molar-refractivity contribution in [3.63, 3.8) is 0 Å². The van der Waals surface area contributed by atoms with Gasteiger partial charge >= 0.3 is 5.97 Å². The summed E-state index contributed by atoms with van der Waals surface area (Å²) in [6.45, 7) is 2.43. The Hall–Kier alpha value is -1.38. The van der Waals surface area contributed by atoms with Crippen LogP contribution >= 0.6 is 0 Å². The van der Waals surface area contributed by atoms with Crippen molar-refractivity contribution >= 4 is 11.8 Å². The highest BCUT2D eigenvalue weighted by Crippen LogP contribution is 2.77. The monoisotopic (exact) mass is 338 g/mol. The third-order valence-corrected chi connectivity index (χ3v) is 8.99. The molecular formula is C22H26O3. The molecule has 6 rings (SSSR count). The molecule has 0 bridgehead atoms. The van der Waals surface area contributed by atoms with Gasteiger partial charge in [-0.3, -0.25) is 9.59 Å². The van der Waals surface area contributed by atoms with Gasteiger partial charge in [0.25, 0.3) is 0 Å². The first-order valence-corrected chi connectivity index (χ1v) is 10.2. The molecule has 5 aliphatic carbocycles. The largest absolute Gasteiger partial charge is 0.458 e. The molecule has 0 radical (unpaired) electrons. The Balaban J connectivity index is 1.41. The molecule has 0 N–H and O–H groups in total. The van der Waals surface area contributed by atoms with Crippen LogP contribution < -0.4 is 0 Å². The van der Waals surface area contributed by atoms with Gasteiger partial charge in [-0.1, -0.05) is 19.1 Å². The second kappa shape index (κ2) is 4.47. The zero-order chi connectivity index (χ0) is 17.0. The lowest BCUT2D eigenvalue weighted by Crippen LogP contribution is -2.54. The first kappa shape index (κ1) is 14.8. The van der Waals surface area contributed by atoms with Gasteiger partial charge in [0.15, 0.2) is 5.78 Å². The molecule has 8 atom stereocenters. The van der Waals surface area contributed by atoms with E-state index in [1.54, 1.807) is 0 Å². The summed E-state index contributed by atoms with van der Waals surface area (Å²) in [5, 5.41) is 0. The average molecular weight is 338 g/mol. The number of ketones is 1. The minimum Gasteiger partial charge on any atom is -0.458 e. The number of fused-ring (bicyclic) bond motifs is 9. The maximum Gasteiger partial charge on any atom is 0.306 e. The standard InChI is InChI=1S/C22H26O3/c1-21-8-6-15-14-5-3-13(23)10-12(14)2-4-16(15)20(21)17-11-18(17)22(21)9-7-19(24)25-22/h2,4,10,14-18,20H,3,5-9,11H2,1H3/t14?,15?,16?,17-,18?,20?,21?,22-/m0/s1. The minimum absolute atomic E-state index is 0.0323. The lowest BCUT2D eigenvalue weighted by atomic mass is 9.50. The van der Waals surface area contributed by atoms with E-state index in [-0.39, 0.29) is 17.0 Å². The number of rotatable bonds is 0. The van der Waals surface area contributed by atoms with E-state index < -0.39 is 0 Å². The SMILES string of the molecule is CC12CCC3C4CCC(=O)C=C4C=CC3C1[C@H]1CC1[C@@]21CCC(=O)O1. The molecular weight excluding hydrogens is 312 g/mol. The predicted molar refractivity (Wildman–Crippen MR) is 92.4 cm³/mol. The number of ether oxygens (including phenoxy) is 1. The second-order valence-electron chi connectivity index (χ2n) is 9.71. The number of hydrogen-bond acceptors (Lipinski definition) is 3. The molecule has 1 heterocycles. The molecule has 1 spiro atoms. The molecule has 25 heavy (non-hydrogen) atoms. The van der Waals surface area contributed by atoms with Crippen LogP contribution in [0.3, 0.4) is 0 Å². The van der Waals surface area contributed by atoms with Crippen molar-refractivity contribution in [1.29, 1.82) is 0 Å². The molecule has 1 saturated heterocycles. The number of hydrogen-bond donors (Lipinski definition) is 0. The van der Waals surface area contributed by atoms with Crippen molar-refractivity contribution in [3.05, 3.63) is 23.8 Å². The van der Waals surface area contributed by atoms with E-state index in [1.807, 2.05) is 6.08 Å². The van der Waals surface area contributed by atoms with Crippen molar-refractivity contribution in [1.82, 2.24) is 0 Å². The third-order valence-electron chi connectivity index (χ3n) is 8.99. The highest BCUT2D eigenvalue weighted by Gasteiger charge is 2.78. The molecule has 4 fully saturated rings. The lowest BCUT2D eigenvalue weighted by molar-refractivity contribution is -0.171. The van der Waals surface area contributed by atoms with E-state index in [4.69, 9.17) is 4.74 Å². The quantitative estimate of drug-likeness (QED) is 0.630. The molecule has 3 nitrogen and oxygen atoms in total. The number of esters is 1. The fraction of sp³-hybridized carbons (Fsp3) is 0.727. The summed E-state index contributed by atoms with van der Waals surface area (Å²) in [5.74, 6) is 4.25. The summed E-state index contributed by atoms with van der Waals surface area (Å²) in [6, 6.07) is 0. The molecule has 132 valence electrons. The topological polar surface area (TPSA) is 43.4 Å². The molecule has 0 amide bonds. The van der Waals surface area contributed by atoms with Crippen LogP contribution in [0.15, 0.2) is 23.8 Å². The van der Waals surface area contributed by atoms with Crippen molar-refractivity contribution in [3.8, 4) is 0 Å². The third kappa shape index (κ3) is 1.64. The zero-order valence-electron chi connectivity index (χ0n) is 14.9. The predicted octanol–water partition coefficient (Wildman–Crippen LogP) is 3.84. The van der Waals surface area contributed by atoms with Crippen LogP contribution in [-0.2, 0) is 14.3 Å². The van der Waals surface area contributed by atoms with E-state index >= 15 is 0 Å². The molecule has 1 aliphatic heterocycles. The Bertz CT molecular complexity index is 748. The Kier molecular flexibility index (Phi) is 2.64. The smallest absolute Gasteiger partial charge is 0.306 e. The number of carbonyl (C=O) groups excluding carboxylic acids is 2. The summed E-state index contributed by atoms with van der Waals surface area (Å²) in [7, 11) is 0. The zero-order valence-corrected chi connectivity index (χ0v) is 14.9. The van der Waals surface area contributed by atoms with Gasteiger partial charge in [-0.25, -0.2) is 0 Å². The fourth-order valence-electron chi connectivity index (χ4n) is 8.01. The normalized spacial score (nSPS) is 55.2. The van der Waals surface area contributed by atoms with E-state index in [1.165, 1.54) is 24.8 Å². The van der Waals surface area contributed by atoms with Crippen molar-refractivity contribution < 1.29 is 14.3 Å². The maximum atomic E-state index is 12.0. The number of carbonyl (C=O) groups is 2. The highest BCUT2D eigenvalue weighted by atomic mass is 16.6. The average Bonchev–Trinajstić information content (AvgIpc) is 3.23. The van der Waals surface area contributed by atoms with Crippen LogP contribution in [0.5, 0.6) is 0 Å². The first-order chi connectivity index (χ1) is 12.0. The van der Waals surface area contributed by atoms with E-state index in [2.05, 4.69) is 19.1 Å². The van der Waals surface area contributed by atoms with Crippen LogP contribution in [0.4, 0.5) is 0 Å². The van der Waals surface area contributed by atoms with Crippen molar-refractivity contribution in [2.24, 2.45) is 40.9 Å². The van der Waals surface area contributed by atoms with Gasteiger partial charge < -0.3 is 4.74 Å². The van der Waals surface area contributed by atoms with Gasteiger partial charge in [-0.2, -0.15) is 0 Å².